The van der Waals surface area contributed by atoms with Crippen molar-refractivity contribution in [1.29, 1.82) is 0 Å². The second kappa shape index (κ2) is 17.1. The maximum absolute atomic E-state index is 12.9. The van der Waals surface area contributed by atoms with Crippen molar-refractivity contribution in [2.45, 2.75) is 57.7 Å². The van der Waals surface area contributed by atoms with E-state index in [1.54, 1.807) is 29.2 Å². The average Bonchev–Trinajstić information content (AvgIpc) is 3.52. The minimum atomic E-state index is -0.632. The lowest BCUT2D eigenvalue weighted by atomic mass is 9.88. The molecule has 3 heterocycles. The number of aromatic hydroxyl groups is 1. The van der Waals surface area contributed by atoms with Gasteiger partial charge in [-0.3, -0.25) is 24.6 Å². The smallest absolute Gasteiger partial charge is 0.255 e. The molecular weight excluding hydrogens is 682 g/mol. The van der Waals surface area contributed by atoms with Gasteiger partial charge in [-0.15, -0.1) is 0 Å². The second-order valence-corrected chi connectivity index (χ2v) is 14.0. The number of benzene rings is 4. The highest BCUT2D eigenvalue weighted by molar-refractivity contribution is 6.05. The van der Waals surface area contributed by atoms with Gasteiger partial charge in [-0.25, -0.2) is 0 Å². The van der Waals surface area contributed by atoms with Gasteiger partial charge in [0.25, 0.3) is 5.91 Å². The first-order chi connectivity index (χ1) is 26.4. The number of hydrogen-bond donors (Lipinski definition) is 2. The third kappa shape index (κ3) is 8.67. The van der Waals surface area contributed by atoms with Gasteiger partial charge in [0.05, 0.1) is 12.7 Å². The molecule has 2 fully saturated rings. The maximum atomic E-state index is 12.9. The molecule has 4 aromatic carbocycles. The van der Waals surface area contributed by atoms with E-state index in [2.05, 4.69) is 53.5 Å². The Labute approximate surface area is 316 Å². The standard InChI is InChI=1S/C44H47N3O7/c1-2-38(30-6-4-3-5-7-30)42(31-8-12-34(48)13-9-31)32-10-14-35(15-11-32)52-25-24-46-22-20-36(21-23-46)53-26-27-54-37-16-17-39-33(28-37)29-47(44(39)51)40-18-19-41(49)45-43(40)50/h3-17,28,36,40,48H,2,18-27,29H2,1H3,(H,45,49,50)/b42-38-. The number of fused-ring (bicyclic) bond motifs is 1. The number of piperidine rings is 2. The van der Waals surface area contributed by atoms with Crippen LogP contribution < -0.4 is 14.8 Å². The molecule has 0 saturated carbocycles. The molecule has 1 atom stereocenters. The molecule has 0 radical (unpaired) electrons. The van der Waals surface area contributed by atoms with Crippen LogP contribution >= 0.6 is 0 Å². The molecule has 2 saturated heterocycles. The first kappa shape index (κ1) is 36.9. The summed E-state index contributed by atoms with van der Waals surface area (Å²) in [6.07, 6.45) is 3.50. The number of phenolic OH excluding ortho intramolecular Hbond substituents is 1. The minimum Gasteiger partial charge on any atom is -0.508 e. The molecule has 54 heavy (non-hydrogen) atoms. The Morgan fingerprint density at radius 3 is 2.17 bits per heavy atom. The molecule has 3 amide bonds. The van der Waals surface area contributed by atoms with Crippen molar-refractivity contribution in [3.05, 3.63) is 125 Å². The van der Waals surface area contributed by atoms with E-state index in [0.717, 1.165) is 66.9 Å². The van der Waals surface area contributed by atoms with Crippen LogP contribution in [0.3, 0.4) is 0 Å². The SMILES string of the molecule is CC/C(=C(\c1ccc(O)cc1)c1ccc(OCCN2CCC(OCCOc3ccc4c(c3)CN(C3CCC(=O)NC3=O)C4=O)CC2)cc1)c1ccccc1. The van der Waals surface area contributed by atoms with E-state index in [9.17, 15) is 19.5 Å². The lowest BCUT2D eigenvalue weighted by Crippen LogP contribution is -2.52. The lowest BCUT2D eigenvalue weighted by molar-refractivity contribution is -0.136. The molecule has 3 aliphatic heterocycles. The fraction of sp³-hybridized carbons (Fsp3) is 0.341. The van der Waals surface area contributed by atoms with Crippen LogP contribution in [0.4, 0.5) is 0 Å². The van der Waals surface area contributed by atoms with Crippen molar-refractivity contribution >= 4 is 28.9 Å². The van der Waals surface area contributed by atoms with E-state index >= 15 is 0 Å². The Morgan fingerprint density at radius 1 is 0.778 bits per heavy atom. The predicted octanol–water partition coefficient (Wildman–Crippen LogP) is 6.46. The molecule has 0 aliphatic carbocycles. The van der Waals surface area contributed by atoms with E-state index in [1.807, 2.05) is 36.4 Å². The van der Waals surface area contributed by atoms with Crippen LogP contribution in [0.25, 0.3) is 11.1 Å². The van der Waals surface area contributed by atoms with Crippen molar-refractivity contribution < 1.29 is 33.7 Å². The first-order valence-electron chi connectivity index (χ1n) is 18.9. The molecule has 7 rings (SSSR count). The van der Waals surface area contributed by atoms with Crippen LogP contribution in [0, 0.1) is 0 Å². The number of likely N-dealkylation sites (tertiary alicyclic amines) is 1. The Hall–Kier alpha value is -5.45. The number of amides is 3. The zero-order valence-corrected chi connectivity index (χ0v) is 30.7. The van der Waals surface area contributed by atoms with Crippen LogP contribution in [0.1, 0.15) is 71.6 Å². The van der Waals surface area contributed by atoms with Crippen molar-refractivity contribution in [2.75, 3.05) is 39.5 Å². The topological polar surface area (TPSA) is 118 Å². The second-order valence-electron chi connectivity index (χ2n) is 14.0. The van der Waals surface area contributed by atoms with Gasteiger partial charge < -0.3 is 24.2 Å². The number of imide groups is 1. The summed E-state index contributed by atoms with van der Waals surface area (Å²) in [5.74, 6) is 0.836. The van der Waals surface area contributed by atoms with Gasteiger partial charge in [-0.2, -0.15) is 0 Å². The minimum absolute atomic E-state index is 0.178. The van der Waals surface area contributed by atoms with Gasteiger partial charge in [0.15, 0.2) is 0 Å². The van der Waals surface area contributed by atoms with Crippen LogP contribution in [-0.2, 0) is 20.9 Å². The summed E-state index contributed by atoms with van der Waals surface area (Å²) in [7, 11) is 0. The number of hydrogen-bond acceptors (Lipinski definition) is 8. The zero-order chi connectivity index (χ0) is 37.4. The molecule has 280 valence electrons. The van der Waals surface area contributed by atoms with E-state index in [1.165, 1.54) is 11.1 Å². The third-order valence-electron chi connectivity index (χ3n) is 10.5. The van der Waals surface area contributed by atoms with Crippen LogP contribution in [0.2, 0.25) is 0 Å². The number of allylic oxidation sites excluding steroid dienone is 1. The summed E-state index contributed by atoms with van der Waals surface area (Å²) < 4.78 is 18.3. The highest BCUT2D eigenvalue weighted by atomic mass is 16.5. The molecular formula is C44H47N3O7. The summed E-state index contributed by atoms with van der Waals surface area (Å²) >= 11 is 0. The first-order valence-corrected chi connectivity index (χ1v) is 18.9. The number of rotatable bonds is 14. The molecule has 4 aromatic rings. The Morgan fingerprint density at radius 2 is 1.46 bits per heavy atom. The number of nitrogens with zero attached hydrogens (tertiary/aromatic N) is 2. The van der Waals surface area contributed by atoms with Gasteiger partial charge >= 0.3 is 0 Å². The van der Waals surface area contributed by atoms with E-state index in [-0.39, 0.29) is 30.1 Å². The summed E-state index contributed by atoms with van der Waals surface area (Å²) in [5, 5.41) is 12.3. The number of carbonyl (C=O) groups excluding carboxylic acids is 3. The van der Waals surface area contributed by atoms with Gasteiger partial charge in [-0.1, -0.05) is 61.5 Å². The molecule has 10 nitrogen and oxygen atoms in total. The summed E-state index contributed by atoms with van der Waals surface area (Å²) in [6, 6.07) is 30.9. The monoisotopic (exact) mass is 729 g/mol. The number of carbonyl (C=O) groups is 3. The molecule has 1 unspecified atom stereocenters. The molecule has 10 heteroatoms. The van der Waals surface area contributed by atoms with Crippen LogP contribution in [-0.4, -0.2) is 84.2 Å². The Kier molecular flexibility index (Phi) is 11.7. The number of phenols is 1. The zero-order valence-electron chi connectivity index (χ0n) is 30.7. The Bertz CT molecular complexity index is 1970. The van der Waals surface area contributed by atoms with E-state index in [4.69, 9.17) is 14.2 Å². The van der Waals surface area contributed by atoms with Gasteiger partial charge in [0, 0.05) is 38.2 Å². The van der Waals surface area contributed by atoms with Crippen molar-refractivity contribution in [2.24, 2.45) is 0 Å². The fourth-order valence-electron chi connectivity index (χ4n) is 7.63. The third-order valence-corrected chi connectivity index (χ3v) is 10.5. The lowest BCUT2D eigenvalue weighted by Gasteiger charge is -2.31. The predicted molar refractivity (Wildman–Crippen MR) is 206 cm³/mol. The molecule has 0 aromatic heterocycles. The fourth-order valence-corrected chi connectivity index (χ4v) is 7.63. The van der Waals surface area contributed by atoms with Gasteiger partial charge in [0.2, 0.25) is 11.8 Å². The van der Waals surface area contributed by atoms with Gasteiger partial charge in [0.1, 0.15) is 36.5 Å². The van der Waals surface area contributed by atoms with Crippen molar-refractivity contribution in [3.63, 3.8) is 0 Å². The average molecular weight is 730 g/mol. The quantitative estimate of drug-likeness (QED) is 0.0864. The molecule has 3 aliphatic rings. The maximum Gasteiger partial charge on any atom is 0.255 e. The van der Waals surface area contributed by atoms with Crippen LogP contribution in [0.5, 0.6) is 17.2 Å². The number of ether oxygens (including phenoxy) is 3. The molecule has 0 spiro atoms. The highest BCUT2D eigenvalue weighted by Gasteiger charge is 2.39. The molecule has 2 N–H and O–H groups in total. The van der Waals surface area contributed by atoms with Crippen LogP contribution in [0.15, 0.2) is 97.1 Å². The van der Waals surface area contributed by atoms with Crippen molar-refractivity contribution in [3.8, 4) is 17.2 Å². The van der Waals surface area contributed by atoms with Crippen molar-refractivity contribution in [1.82, 2.24) is 15.1 Å². The summed E-state index contributed by atoms with van der Waals surface area (Å²) in [6.45, 7) is 6.68. The Balaban J connectivity index is 0.835. The van der Waals surface area contributed by atoms with Gasteiger partial charge in [-0.05, 0) is 102 Å². The summed E-state index contributed by atoms with van der Waals surface area (Å²) in [5.41, 5.74) is 7.12. The van der Waals surface area contributed by atoms with E-state index in [0.29, 0.717) is 44.1 Å². The highest BCUT2D eigenvalue weighted by Crippen LogP contribution is 2.36. The summed E-state index contributed by atoms with van der Waals surface area (Å²) in [4.78, 5) is 40.8. The van der Waals surface area contributed by atoms with E-state index < -0.39 is 11.9 Å². The largest absolute Gasteiger partial charge is 0.508 e. The normalized spacial score (nSPS) is 18.3. The molecule has 0 bridgehead atoms. The number of nitrogens with one attached hydrogen (secondary N) is 1.